The van der Waals surface area contributed by atoms with Gasteiger partial charge < -0.3 is 4.74 Å². The molecule has 13 heteroatoms. The van der Waals surface area contributed by atoms with Gasteiger partial charge in [-0.1, -0.05) is 0 Å². The molecule has 2 aromatic heterocycles. The fraction of sp³-hybridized carbons (Fsp3) is 0.105. The number of sulfonamides is 1. The van der Waals surface area contributed by atoms with Gasteiger partial charge in [-0.05, 0) is 48.5 Å². The highest BCUT2D eigenvalue weighted by Gasteiger charge is 2.37. The minimum Gasteiger partial charge on any atom is -0.406 e. The van der Waals surface area contributed by atoms with Crippen molar-refractivity contribution in [3.05, 3.63) is 70.9 Å². The quantitative estimate of drug-likeness (QED) is 0.537. The molecule has 3 heterocycles. The van der Waals surface area contributed by atoms with E-state index in [9.17, 15) is 31.2 Å². The van der Waals surface area contributed by atoms with Gasteiger partial charge in [-0.3, -0.25) is 24.2 Å². The second kappa shape index (κ2) is 7.91. The van der Waals surface area contributed by atoms with Crippen LogP contribution in [0.15, 0.2) is 58.9 Å². The topological polar surface area (TPSA) is 106 Å². The van der Waals surface area contributed by atoms with Gasteiger partial charge in [0.15, 0.2) is 0 Å². The molecule has 0 fully saturated rings. The minimum absolute atomic E-state index is 0.0286. The number of carbonyl (C=O) groups is 2. The molecule has 3 aromatic rings. The third-order valence-corrected chi connectivity index (χ3v) is 7.23. The largest absolute Gasteiger partial charge is 0.573 e. The van der Waals surface area contributed by atoms with Crippen LogP contribution in [0.25, 0.3) is 0 Å². The van der Waals surface area contributed by atoms with Gasteiger partial charge in [-0.2, -0.15) is 0 Å². The number of carbonyl (C=O) groups excluding carboxylic acids is 2. The van der Waals surface area contributed by atoms with Crippen molar-refractivity contribution < 1.29 is 35.9 Å². The maximum Gasteiger partial charge on any atom is 0.573 e. The molecule has 4 rings (SSSR count). The predicted molar refractivity (Wildman–Crippen MR) is 107 cm³/mol. The molecule has 166 valence electrons. The van der Waals surface area contributed by atoms with E-state index in [1.807, 2.05) is 0 Å². The predicted octanol–water partition coefficient (Wildman–Crippen LogP) is 3.64. The monoisotopic (exact) mass is 483 g/mol. The maximum atomic E-state index is 12.6. The van der Waals surface area contributed by atoms with Crippen molar-refractivity contribution in [1.29, 1.82) is 0 Å². The Kier molecular flexibility index (Phi) is 5.38. The van der Waals surface area contributed by atoms with Crippen molar-refractivity contribution in [3.8, 4) is 5.75 Å². The van der Waals surface area contributed by atoms with Crippen LogP contribution in [-0.2, 0) is 16.6 Å². The van der Waals surface area contributed by atoms with Crippen molar-refractivity contribution in [1.82, 2.24) is 9.88 Å². The number of nitrogens with one attached hydrogen (secondary N) is 1. The number of hydrogen-bond donors (Lipinski definition) is 1. The number of imide groups is 1. The number of benzene rings is 1. The highest BCUT2D eigenvalue weighted by Crippen LogP contribution is 2.29. The lowest BCUT2D eigenvalue weighted by Gasteiger charge is -2.12. The number of amides is 2. The van der Waals surface area contributed by atoms with Gasteiger partial charge in [0.05, 0.1) is 12.1 Å². The van der Waals surface area contributed by atoms with Crippen LogP contribution in [0.1, 0.15) is 25.7 Å². The molecule has 0 saturated carbocycles. The second-order valence-electron chi connectivity index (χ2n) is 6.49. The molecule has 0 atom stereocenters. The fourth-order valence-corrected chi connectivity index (χ4v) is 5.33. The first kappa shape index (κ1) is 21.8. The van der Waals surface area contributed by atoms with Gasteiger partial charge >= 0.3 is 6.36 Å². The van der Waals surface area contributed by atoms with Crippen LogP contribution in [-0.4, -0.2) is 36.5 Å². The average Bonchev–Trinajstić information content (AvgIpc) is 3.29. The van der Waals surface area contributed by atoms with Crippen LogP contribution < -0.4 is 9.46 Å². The van der Waals surface area contributed by atoms with E-state index >= 15 is 0 Å². The Morgan fingerprint density at radius 3 is 2.41 bits per heavy atom. The van der Waals surface area contributed by atoms with Crippen LogP contribution in [0.5, 0.6) is 5.75 Å². The standard InChI is InChI=1S/C19H12F3N3O5S2/c20-19(21,22)30-12-5-3-11(4-6-12)24-32(28,29)15-8-7-13(31-15)10-25-17(26)14-2-1-9-23-16(14)18(25)27/h1-9,24H,10H2. The van der Waals surface area contributed by atoms with Crippen molar-refractivity contribution in [2.45, 2.75) is 17.1 Å². The second-order valence-corrected chi connectivity index (χ2v) is 9.57. The molecule has 8 nitrogen and oxygen atoms in total. The molecular formula is C19H12F3N3O5S2. The van der Waals surface area contributed by atoms with Crippen molar-refractivity contribution in [2.75, 3.05) is 4.72 Å². The van der Waals surface area contributed by atoms with Crippen LogP contribution in [0.3, 0.4) is 0 Å². The van der Waals surface area contributed by atoms with Crippen LogP contribution in [0.2, 0.25) is 0 Å². The molecule has 0 radical (unpaired) electrons. The number of nitrogens with zero attached hydrogens (tertiary/aromatic N) is 2. The number of hydrogen-bond acceptors (Lipinski definition) is 7. The van der Waals surface area contributed by atoms with Gasteiger partial charge in [-0.15, -0.1) is 24.5 Å². The number of fused-ring (bicyclic) bond motifs is 1. The number of pyridine rings is 1. The van der Waals surface area contributed by atoms with Crippen LogP contribution in [0.4, 0.5) is 18.9 Å². The molecule has 0 unspecified atom stereocenters. The van der Waals surface area contributed by atoms with Gasteiger partial charge in [-0.25, -0.2) is 8.42 Å². The van der Waals surface area contributed by atoms with Crippen LogP contribution in [0, 0.1) is 0 Å². The summed E-state index contributed by atoms with van der Waals surface area (Å²) in [6.07, 6.45) is -3.46. The SMILES string of the molecule is O=C1c2cccnc2C(=O)N1Cc1ccc(S(=O)(=O)Nc2ccc(OC(F)(F)F)cc2)s1. The zero-order chi connectivity index (χ0) is 23.1. The first-order valence-corrected chi connectivity index (χ1v) is 11.1. The van der Waals surface area contributed by atoms with E-state index in [1.54, 1.807) is 0 Å². The van der Waals surface area contributed by atoms with E-state index in [-0.39, 0.29) is 27.7 Å². The minimum atomic E-state index is -4.86. The van der Waals surface area contributed by atoms with Crippen molar-refractivity contribution >= 4 is 38.9 Å². The number of rotatable bonds is 6. The van der Waals surface area contributed by atoms with Crippen molar-refractivity contribution in [3.63, 3.8) is 0 Å². The molecule has 1 aliphatic rings. The Hall–Kier alpha value is -3.45. The molecule has 1 aromatic carbocycles. The zero-order valence-corrected chi connectivity index (χ0v) is 17.4. The summed E-state index contributed by atoms with van der Waals surface area (Å²) in [5.74, 6) is -1.58. The Morgan fingerprint density at radius 2 is 1.75 bits per heavy atom. The number of aromatic nitrogens is 1. The zero-order valence-electron chi connectivity index (χ0n) is 15.8. The lowest BCUT2D eigenvalue weighted by atomic mass is 10.2. The summed E-state index contributed by atoms with van der Waals surface area (Å²) in [4.78, 5) is 30.2. The number of anilines is 1. The Bertz CT molecular complexity index is 1270. The van der Waals surface area contributed by atoms with E-state index in [2.05, 4.69) is 14.4 Å². The lowest BCUT2D eigenvalue weighted by Crippen LogP contribution is -2.28. The smallest absolute Gasteiger partial charge is 0.406 e. The molecule has 1 aliphatic heterocycles. The molecule has 0 spiro atoms. The van der Waals surface area contributed by atoms with E-state index in [1.165, 1.54) is 30.5 Å². The lowest BCUT2D eigenvalue weighted by molar-refractivity contribution is -0.274. The summed E-state index contributed by atoms with van der Waals surface area (Å²) in [6, 6.07) is 10.00. The van der Waals surface area contributed by atoms with Crippen LogP contribution >= 0.6 is 11.3 Å². The van der Waals surface area contributed by atoms with Gasteiger partial charge in [0.25, 0.3) is 21.8 Å². The fourth-order valence-electron chi connectivity index (χ4n) is 2.93. The summed E-state index contributed by atoms with van der Waals surface area (Å²) in [7, 11) is -4.05. The number of halogens is 3. The summed E-state index contributed by atoms with van der Waals surface area (Å²) in [5.41, 5.74) is 0.254. The highest BCUT2D eigenvalue weighted by atomic mass is 32.2. The normalized spacial score (nSPS) is 13.9. The molecule has 2 amide bonds. The Morgan fingerprint density at radius 1 is 1.03 bits per heavy atom. The summed E-state index contributed by atoms with van der Waals surface area (Å²) < 4.78 is 67.8. The number of alkyl halides is 3. The van der Waals surface area contributed by atoms with E-state index in [0.29, 0.717) is 4.88 Å². The average molecular weight is 483 g/mol. The van der Waals surface area contributed by atoms with E-state index in [4.69, 9.17) is 0 Å². The van der Waals surface area contributed by atoms with Gasteiger partial charge in [0, 0.05) is 16.8 Å². The number of ether oxygens (including phenoxy) is 1. The highest BCUT2D eigenvalue weighted by molar-refractivity contribution is 7.94. The Balaban J connectivity index is 1.46. The molecule has 1 N–H and O–H groups in total. The van der Waals surface area contributed by atoms with Gasteiger partial charge in [0.1, 0.15) is 15.7 Å². The molecule has 32 heavy (non-hydrogen) atoms. The maximum absolute atomic E-state index is 12.6. The first-order chi connectivity index (χ1) is 15.0. The van der Waals surface area contributed by atoms with Crippen molar-refractivity contribution in [2.24, 2.45) is 0 Å². The molecular weight excluding hydrogens is 471 g/mol. The molecule has 0 bridgehead atoms. The van der Waals surface area contributed by atoms with E-state index < -0.39 is 33.9 Å². The summed E-state index contributed by atoms with van der Waals surface area (Å²) >= 11 is 0.849. The van der Waals surface area contributed by atoms with Gasteiger partial charge in [0.2, 0.25) is 0 Å². The third-order valence-electron chi connectivity index (χ3n) is 4.29. The summed E-state index contributed by atoms with van der Waals surface area (Å²) in [5, 5.41) is 0. The molecule has 0 aliphatic carbocycles. The van der Waals surface area contributed by atoms with E-state index in [0.717, 1.165) is 40.5 Å². The molecule has 0 saturated heterocycles. The first-order valence-electron chi connectivity index (χ1n) is 8.82. The summed E-state index contributed by atoms with van der Waals surface area (Å²) in [6.45, 7) is -0.127. The number of thiophene rings is 1. The third kappa shape index (κ3) is 4.43. The Labute approximate surface area is 183 Å².